The number of hydrogen-bond acceptors (Lipinski definition) is 10. The van der Waals surface area contributed by atoms with Gasteiger partial charge in [0.15, 0.2) is 0 Å². The summed E-state index contributed by atoms with van der Waals surface area (Å²) in [5, 5.41) is 0. The highest BCUT2D eigenvalue weighted by Gasteiger charge is 2.43. The summed E-state index contributed by atoms with van der Waals surface area (Å²) in [7, 11) is -13.2. The SMILES string of the molecule is C[Si]1O[Si](C)O[Si](C)(CCc2ccc(C(C)(C)c3ccc(CC[Si]4(C)O[Si](C)O[Si](C)O[Si](C)O4)c(C4CO4)c3)cc2C2CO2)O[Si](C)O1. The fourth-order valence-electron chi connectivity index (χ4n) is 6.76. The third-order valence-electron chi connectivity index (χ3n) is 9.38. The van der Waals surface area contributed by atoms with Gasteiger partial charge in [-0.3, -0.25) is 0 Å². The zero-order chi connectivity index (χ0) is 35.1. The molecular weight excluding hydrogens is 757 g/mol. The molecule has 4 aliphatic heterocycles. The van der Waals surface area contributed by atoms with Crippen molar-refractivity contribution >= 4 is 72.8 Å². The van der Waals surface area contributed by atoms with Gasteiger partial charge in [0, 0.05) is 5.41 Å². The Morgan fingerprint density at radius 1 is 0.571 bits per heavy atom. The molecule has 49 heavy (non-hydrogen) atoms. The Kier molecular flexibility index (Phi) is 12.3. The van der Waals surface area contributed by atoms with Crippen LogP contribution in [0.15, 0.2) is 36.4 Å². The fraction of sp³-hybridized carbons (Fsp3) is 0.613. The third-order valence-corrected chi connectivity index (χ3v) is 32.4. The van der Waals surface area contributed by atoms with E-state index in [1.54, 1.807) is 0 Å². The van der Waals surface area contributed by atoms with Gasteiger partial charge in [-0.25, -0.2) is 0 Å². The summed E-state index contributed by atoms with van der Waals surface area (Å²) < 4.78 is 62.1. The molecule has 2 unspecified atom stereocenters. The maximum Gasteiger partial charge on any atom is 0.362 e. The van der Waals surface area contributed by atoms with E-state index in [4.69, 9.17) is 42.4 Å². The van der Waals surface area contributed by atoms with Crippen molar-refractivity contribution in [1.29, 1.82) is 0 Å². The number of hydrogen-bond donors (Lipinski definition) is 0. The van der Waals surface area contributed by atoms with Crippen LogP contribution in [0.4, 0.5) is 0 Å². The lowest BCUT2D eigenvalue weighted by Gasteiger charge is -2.35. The second-order valence-electron chi connectivity index (χ2n) is 14.1. The maximum atomic E-state index is 6.53. The summed E-state index contributed by atoms with van der Waals surface area (Å²) in [6.07, 6.45) is 2.04. The fourth-order valence-corrected chi connectivity index (χ4v) is 30.4. The van der Waals surface area contributed by atoms with Crippen molar-refractivity contribution in [3.05, 3.63) is 69.8 Å². The van der Waals surface area contributed by atoms with Crippen LogP contribution in [0.5, 0.6) is 0 Å². The molecule has 18 heteroatoms. The van der Waals surface area contributed by atoms with E-state index in [0.29, 0.717) is 0 Å². The van der Waals surface area contributed by atoms with Crippen LogP contribution in [-0.2, 0) is 60.7 Å². The molecule has 0 N–H and O–H groups in total. The molecule has 4 aliphatic rings. The number of epoxide rings is 2. The first kappa shape index (κ1) is 38.5. The van der Waals surface area contributed by atoms with E-state index >= 15 is 0 Å². The van der Waals surface area contributed by atoms with Crippen LogP contribution in [-0.4, -0.2) is 86.0 Å². The van der Waals surface area contributed by atoms with Crippen molar-refractivity contribution in [2.75, 3.05) is 13.2 Å². The highest BCUT2D eigenvalue weighted by molar-refractivity contribution is 6.82. The molecule has 0 spiro atoms. The Morgan fingerprint density at radius 3 is 1.20 bits per heavy atom. The van der Waals surface area contributed by atoms with Crippen molar-refractivity contribution in [1.82, 2.24) is 0 Å². The second kappa shape index (κ2) is 15.6. The second-order valence-corrected chi connectivity index (χ2v) is 32.1. The van der Waals surface area contributed by atoms with E-state index in [1.807, 2.05) is 13.1 Å². The average molecular weight is 807 g/mol. The zero-order valence-corrected chi connectivity index (χ0v) is 38.4. The molecule has 2 aromatic rings. The molecule has 6 rings (SSSR count). The molecule has 0 bridgehead atoms. The van der Waals surface area contributed by atoms with E-state index in [9.17, 15) is 0 Å². The van der Waals surface area contributed by atoms with Crippen molar-refractivity contribution < 1.29 is 42.4 Å². The van der Waals surface area contributed by atoms with Gasteiger partial charge < -0.3 is 42.4 Å². The molecule has 0 aromatic heterocycles. The van der Waals surface area contributed by atoms with Crippen LogP contribution in [0.1, 0.15) is 59.4 Å². The first-order valence-corrected chi connectivity index (χ1v) is 33.0. The minimum atomic E-state index is -2.47. The van der Waals surface area contributed by atoms with Gasteiger partial charge in [-0.2, -0.15) is 0 Å². The highest BCUT2D eigenvalue weighted by Crippen LogP contribution is 2.42. The van der Waals surface area contributed by atoms with Gasteiger partial charge >= 0.3 is 72.8 Å². The van der Waals surface area contributed by atoms with Gasteiger partial charge in [-0.1, -0.05) is 50.2 Å². The number of rotatable bonds is 10. The van der Waals surface area contributed by atoms with Crippen LogP contribution in [0, 0.1) is 0 Å². The van der Waals surface area contributed by atoms with Gasteiger partial charge in [0.25, 0.3) is 0 Å². The number of ether oxygens (including phenoxy) is 2. The summed E-state index contributed by atoms with van der Waals surface area (Å²) in [4.78, 5) is 0. The zero-order valence-electron chi connectivity index (χ0n) is 30.4. The smallest absolute Gasteiger partial charge is 0.362 e. The molecule has 4 fully saturated rings. The maximum absolute atomic E-state index is 6.53. The minimum Gasteiger partial charge on any atom is -0.415 e. The topological polar surface area (TPSA) is 98.9 Å². The molecule has 2 aromatic carbocycles. The van der Waals surface area contributed by atoms with Crippen LogP contribution in [0.3, 0.4) is 0 Å². The van der Waals surface area contributed by atoms with Crippen LogP contribution in [0.25, 0.3) is 0 Å². The lowest BCUT2D eigenvalue weighted by molar-refractivity contribution is 0.272. The monoisotopic (exact) mass is 806 g/mol. The predicted molar refractivity (Wildman–Crippen MR) is 201 cm³/mol. The van der Waals surface area contributed by atoms with Gasteiger partial charge in [0.2, 0.25) is 0 Å². The van der Waals surface area contributed by atoms with Gasteiger partial charge in [0.1, 0.15) is 12.2 Å². The number of aryl methyl sites for hydroxylation is 2. The molecule has 10 nitrogen and oxygen atoms in total. The Labute approximate surface area is 305 Å². The minimum absolute atomic E-state index is 0.143. The van der Waals surface area contributed by atoms with Gasteiger partial charge in [-0.05, 0) is 111 Å². The van der Waals surface area contributed by atoms with Crippen molar-refractivity contribution in [2.24, 2.45) is 0 Å². The van der Waals surface area contributed by atoms with E-state index in [2.05, 4.69) is 89.5 Å². The summed E-state index contributed by atoms with van der Waals surface area (Å²) in [5.41, 5.74) is 7.51. The van der Waals surface area contributed by atoms with Crippen molar-refractivity contribution in [3.63, 3.8) is 0 Å². The Morgan fingerprint density at radius 2 is 0.898 bits per heavy atom. The molecule has 2 atom stereocenters. The average Bonchev–Trinajstić information content (AvgIpc) is 3.91. The first-order chi connectivity index (χ1) is 23.1. The molecule has 0 amide bonds. The normalized spacial score (nSPS) is 26.6. The highest BCUT2D eigenvalue weighted by atomic mass is 28.5. The van der Waals surface area contributed by atoms with Gasteiger partial charge in [0.05, 0.1) is 13.2 Å². The van der Waals surface area contributed by atoms with E-state index < -0.39 is 72.8 Å². The quantitative estimate of drug-likeness (QED) is 0.203. The van der Waals surface area contributed by atoms with E-state index in [-0.39, 0.29) is 17.6 Å². The molecule has 0 saturated carbocycles. The van der Waals surface area contributed by atoms with Gasteiger partial charge in [-0.15, -0.1) is 0 Å². The summed E-state index contributed by atoms with van der Waals surface area (Å²) in [6.45, 7) is 22.7. The van der Waals surface area contributed by atoms with Crippen LogP contribution < -0.4 is 0 Å². The molecule has 266 valence electrons. The summed E-state index contributed by atoms with van der Waals surface area (Å²) >= 11 is 0. The van der Waals surface area contributed by atoms with Crippen LogP contribution >= 0.6 is 0 Å². The molecule has 0 aliphatic carbocycles. The lowest BCUT2D eigenvalue weighted by atomic mass is 9.76. The predicted octanol–water partition coefficient (Wildman–Crippen LogP) is 6.25. The number of benzene rings is 2. The third kappa shape index (κ3) is 10.1. The Hall–Kier alpha value is -0.225. The molecular formula is C31H50O10Si8. The van der Waals surface area contributed by atoms with E-state index in [0.717, 1.165) is 38.1 Å². The largest absolute Gasteiger partial charge is 0.415 e. The van der Waals surface area contributed by atoms with Crippen LogP contribution in [0.2, 0.25) is 64.5 Å². The first-order valence-electron chi connectivity index (χ1n) is 17.1. The van der Waals surface area contributed by atoms with Crippen molar-refractivity contribution in [2.45, 2.75) is 109 Å². The Bertz CT molecular complexity index is 1330. The van der Waals surface area contributed by atoms with E-state index in [1.165, 1.54) is 33.4 Å². The molecule has 6 radical (unpaired) electrons. The standard InChI is InChI=1S/C31H50O10Si8/c1-31(2,25-13-11-23(27(19-25)29-21-32-29)15-17-48(9)38-44(5)34-42(3)35-45(6)39-48)26-14-12-24(28(20-26)30-22-33-30)16-18-49(10)40-46(7)36-43(4)37-47(8)41-49/h11-14,19-20,29-30H,15-18,21-22H2,1-10H3. The molecule has 4 saturated heterocycles. The molecule has 4 heterocycles. The summed E-state index contributed by atoms with van der Waals surface area (Å²) in [5.74, 6) is 0. The Balaban J connectivity index is 1.18. The summed E-state index contributed by atoms with van der Waals surface area (Å²) in [6, 6.07) is 15.6. The van der Waals surface area contributed by atoms with Crippen molar-refractivity contribution in [3.8, 4) is 0 Å². The lowest BCUT2D eigenvalue weighted by Crippen LogP contribution is -2.53.